The van der Waals surface area contributed by atoms with Crippen molar-refractivity contribution in [1.82, 2.24) is 14.3 Å². The van der Waals surface area contributed by atoms with Gasteiger partial charge in [-0.25, -0.2) is 22.5 Å². The molecule has 0 amide bonds. The van der Waals surface area contributed by atoms with Crippen LogP contribution in [0.3, 0.4) is 0 Å². The summed E-state index contributed by atoms with van der Waals surface area (Å²) in [7, 11) is -2.42. The van der Waals surface area contributed by atoms with E-state index < -0.39 is 15.8 Å². The lowest BCUT2D eigenvalue weighted by atomic mass is 10.3. The Kier molecular flexibility index (Phi) is 4.35. The largest absolute Gasteiger partial charge is 0.494 e. The van der Waals surface area contributed by atoms with Crippen molar-refractivity contribution in [2.75, 3.05) is 13.7 Å². The van der Waals surface area contributed by atoms with Crippen LogP contribution in [0, 0.1) is 5.82 Å². The number of imidazole rings is 1. The van der Waals surface area contributed by atoms with E-state index >= 15 is 0 Å². The lowest BCUT2D eigenvalue weighted by Crippen LogP contribution is -2.27. The Morgan fingerprint density at radius 3 is 2.85 bits per heavy atom. The van der Waals surface area contributed by atoms with Gasteiger partial charge in [0.2, 0.25) is 10.0 Å². The fourth-order valence-electron chi connectivity index (χ4n) is 1.63. The first-order chi connectivity index (χ1) is 9.53. The molecule has 0 aliphatic heterocycles. The van der Waals surface area contributed by atoms with Crippen molar-refractivity contribution in [1.29, 1.82) is 0 Å². The molecule has 0 bridgehead atoms. The van der Waals surface area contributed by atoms with E-state index in [0.717, 1.165) is 6.07 Å². The third-order valence-electron chi connectivity index (χ3n) is 2.65. The standard InChI is InChI=1S/C12H14FN3O3S/c1-19-12-3-2-10(8-11(12)13)20(17,18)15-5-7-16-6-4-14-9-16/h2-4,6,8-9,15H,5,7H2,1H3. The summed E-state index contributed by atoms with van der Waals surface area (Å²) in [6.07, 6.45) is 4.91. The highest BCUT2D eigenvalue weighted by molar-refractivity contribution is 7.89. The van der Waals surface area contributed by atoms with Crippen LogP contribution in [-0.2, 0) is 16.6 Å². The van der Waals surface area contributed by atoms with Crippen molar-refractivity contribution in [3.8, 4) is 5.75 Å². The van der Waals surface area contributed by atoms with Crippen molar-refractivity contribution < 1.29 is 17.5 Å². The molecule has 1 heterocycles. The Balaban J connectivity index is 2.04. The Hall–Kier alpha value is -1.93. The number of hydrogen-bond acceptors (Lipinski definition) is 4. The van der Waals surface area contributed by atoms with Crippen LogP contribution in [0.2, 0.25) is 0 Å². The van der Waals surface area contributed by atoms with E-state index in [9.17, 15) is 12.8 Å². The van der Waals surface area contributed by atoms with E-state index in [4.69, 9.17) is 4.74 Å². The summed E-state index contributed by atoms with van der Waals surface area (Å²) in [4.78, 5) is 3.71. The summed E-state index contributed by atoms with van der Waals surface area (Å²) < 4.78 is 46.3. The third-order valence-corrected chi connectivity index (χ3v) is 4.11. The zero-order valence-electron chi connectivity index (χ0n) is 10.8. The van der Waals surface area contributed by atoms with Gasteiger partial charge in [-0.15, -0.1) is 0 Å². The summed E-state index contributed by atoms with van der Waals surface area (Å²) >= 11 is 0. The van der Waals surface area contributed by atoms with Crippen LogP contribution in [0.1, 0.15) is 0 Å². The number of aromatic nitrogens is 2. The molecule has 0 spiro atoms. The van der Waals surface area contributed by atoms with Gasteiger partial charge >= 0.3 is 0 Å². The molecule has 2 aromatic rings. The van der Waals surface area contributed by atoms with E-state index in [1.807, 2.05) is 0 Å². The zero-order chi connectivity index (χ0) is 14.6. The second-order valence-electron chi connectivity index (χ2n) is 3.99. The first-order valence-electron chi connectivity index (χ1n) is 5.82. The minimum atomic E-state index is -3.74. The second kappa shape index (κ2) is 6.02. The molecule has 0 saturated carbocycles. The second-order valence-corrected chi connectivity index (χ2v) is 5.76. The van der Waals surface area contributed by atoms with Gasteiger partial charge in [-0.1, -0.05) is 0 Å². The van der Waals surface area contributed by atoms with Gasteiger partial charge in [-0.05, 0) is 18.2 Å². The molecule has 20 heavy (non-hydrogen) atoms. The summed E-state index contributed by atoms with van der Waals surface area (Å²) in [6.45, 7) is 0.629. The number of sulfonamides is 1. The zero-order valence-corrected chi connectivity index (χ0v) is 11.6. The number of rotatable bonds is 6. The van der Waals surface area contributed by atoms with Crippen LogP contribution in [0.5, 0.6) is 5.75 Å². The average molecular weight is 299 g/mol. The number of halogens is 1. The van der Waals surface area contributed by atoms with Gasteiger partial charge in [-0.3, -0.25) is 0 Å². The van der Waals surface area contributed by atoms with Crippen LogP contribution < -0.4 is 9.46 Å². The molecule has 8 heteroatoms. The van der Waals surface area contributed by atoms with E-state index in [2.05, 4.69) is 9.71 Å². The van der Waals surface area contributed by atoms with E-state index in [-0.39, 0.29) is 17.2 Å². The fraction of sp³-hybridized carbons (Fsp3) is 0.250. The van der Waals surface area contributed by atoms with Gasteiger partial charge < -0.3 is 9.30 Å². The van der Waals surface area contributed by atoms with Crippen LogP contribution in [-0.4, -0.2) is 31.6 Å². The van der Waals surface area contributed by atoms with E-state index in [0.29, 0.717) is 6.54 Å². The van der Waals surface area contributed by atoms with Crippen molar-refractivity contribution in [2.24, 2.45) is 0 Å². The number of methoxy groups -OCH3 is 1. The van der Waals surface area contributed by atoms with Crippen LogP contribution in [0.15, 0.2) is 41.8 Å². The van der Waals surface area contributed by atoms with Crippen LogP contribution in [0.4, 0.5) is 4.39 Å². The molecule has 1 aromatic heterocycles. The SMILES string of the molecule is COc1ccc(S(=O)(=O)NCCn2ccnc2)cc1F. The predicted molar refractivity (Wildman–Crippen MR) is 70.4 cm³/mol. The highest BCUT2D eigenvalue weighted by Crippen LogP contribution is 2.20. The minimum absolute atomic E-state index is 0.00219. The molecule has 108 valence electrons. The Morgan fingerprint density at radius 1 is 1.45 bits per heavy atom. The lowest BCUT2D eigenvalue weighted by molar-refractivity contribution is 0.385. The quantitative estimate of drug-likeness (QED) is 0.864. The van der Waals surface area contributed by atoms with E-state index in [1.165, 1.54) is 19.2 Å². The lowest BCUT2D eigenvalue weighted by Gasteiger charge is -2.08. The monoisotopic (exact) mass is 299 g/mol. The smallest absolute Gasteiger partial charge is 0.240 e. The molecule has 0 saturated heterocycles. The van der Waals surface area contributed by atoms with Crippen molar-refractivity contribution in [3.63, 3.8) is 0 Å². The highest BCUT2D eigenvalue weighted by atomic mass is 32.2. The van der Waals surface area contributed by atoms with Gasteiger partial charge in [0.25, 0.3) is 0 Å². The molecule has 0 radical (unpaired) electrons. The summed E-state index contributed by atoms with van der Waals surface area (Å²) in [5.41, 5.74) is 0. The molecule has 0 fully saturated rings. The summed E-state index contributed by atoms with van der Waals surface area (Å²) in [5.74, 6) is -0.715. The molecule has 1 N–H and O–H groups in total. The Labute approximate surface area is 116 Å². The molecule has 6 nitrogen and oxygen atoms in total. The van der Waals surface area contributed by atoms with Gasteiger partial charge in [0, 0.05) is 25.5 Å². The van der Waals surface area contributed by atoms with Gasteiger partial charge in [0.1, 0.15) is 0 Å². The van der Waals surface area contributed by atoms with Gasteiger partial charge in [0.05, 0.1) is 18.3 Å². The summed E-state index contributed by atoms with van der Waals surface area (Å²) in [5, 5.41) is 0. The molecule has 1 aromatic carbocycles. The maximum atomic E-state index is 13.5. The molecule has 0 aliphatic carbocycles. The van der Waals surface area contributed by atoms with Crippen molar-refractivity contribution >= 4 is 10.0 Å². The van der Waals surface area contributed by atoms with Gasteiger partial charge in [0.15, 0.2) is 11.6 Å². The molecular formula is C12H14FN3O3S. The first kappa shape index (κ1) is 14.5. The number of benzene rings is 1. The van der Waals surface area contributed by atoms with Crippen LogP contribution >= 0.6 is 0 Å². The molecule has 0 atom stereocenters. The number of hydrogen-bond donors (Lipinski definition) is 1. The van der Waals surface area contributed by atoms with E-state index in [1.54, 1.807) is 23.3 Å². The Morgan fingerprint density at radius 2 is 2.25 bits per heavy atom. The van der Waals surface area contributed by atoms with Crippen molar-refractivity contribution in [3.05, 3.63) is 42.7 Å². The average Bonchev–Trinajstić information content (AvgIpc) is 2.91. The topological polar surface area (TPSA) is 73.2 Å². The predicted octanol–water partition coefficient (Wildman–Crippen LogP) is 1.01. The first-order valence-corrected chi connectivity index (χ1v) is 7.30. The molecule has 2 rings (SSSR count). The maximum absolute atomic E-state index is 13.5. The Bertz CT molecular complexity index is 671. The van der Waals surface area contributed by atoms with Gasteiger partial charge in [-0.2, -0.15) is 0 Å². The highest BCUT2D eigenvalue weighted by Gasteiger charge is 2.16. The minimum Gasteiger partial charge on any atom is -0.494 e. The van der Waals surface area contributed by atoms with Crippen molar-refractivity contribution in [2.45, 2.75) is 11.4 Å². The summed E-state index contributed by atoms with van der Waals surface area (Å²) in [6, 6.07) is 3.50. The molecule has 0 unspecified atom stereocenters. The molecular weight excluding hydrogens is 285 g/mol. The number of nitrogens with zero attached hydrogens (tertiary/aromatic N) is 2. The fourth-order valence-corrected chi connectivity index (χ4v) is 2.66. The maximum Gasteiger partial charge on any atom is 0.240 e. The van der Waals surface area contributed by atoms with Crippen LogP contribution in [0.25, 0.3) is 0 Å². The normalized spacial score (nSPS) is 11.5. The third kappa shape index (κ3) is 3.34. The molecule has 0 aliphatic rings. The number of ether oxygens (including phenoxy) is 1. The number of nitrogens with one attached hydrogen (secondary N) is 1.